The van der Waals surface area contributed by atoms with Crippen LogP contribution in [-0.2, 0) is 0 Å². The van der Waals surface area contributed by atoms with Gasteiger partial charge in [-0.15, -0.1) is 0 Å². The zero-order chi connectivity index (χ0) is 14.7. The molecule has 0 amide bonds. The smallest absolute Gasteiger partial charge is 0.343 e. The van der Waals surface area contributed by atoms with E-state index in [-0.39, 0.29) is 17.6 Å². The van der Waals surface area contributed by atoms with Gasteiger partial charge in [0.2, 0.25) is 0 Å². The number of ether oxygens (including phenoxy) is 1. The molecule has 0 unspecified atom stereocenters. The second-order valence-electron chi connectivity index (χ2n) is 5.52. The molecule has 21 heavy (non-hydrogen) atoms. The predicted molar refractivity (Wildman–Crippen MR) is 86.2 cm³/mol. The van der Waals surface area contributed by atoms with Crippen LogP contribution in [0.3, 0.4) is 0 Å². The Bertz CT molecular complexity index is 942. The van der Waals surface area contributed by atoms with Crippen LogP contribution in [0.15, 0.2) is 44.0 Å². The summed E-state index contributed by atoms with van der Waals surface area (Å²) in [6.45, 7) is 3.97. The molecule has 0 saturated carbocycles. The molecule has 0 aliphatic carbocycles. The average molecular weight is 345 g/mol. The topological polar surface area (TPSA) is 39.4 Å². The van der Waals surface area contributed by atoms with Crippen molar-refractivity contribution in [2.75, 3.05) is 0 Å². The van der Waals surface area contributed by atoms with Crippen LogP contribution >= 0.6 is 15.9 Å². The van der Waals surface area contributed by atoms with Crippen LogP contribution in [0.2, 0.25) is 0 Å². The van der Waals surface area contributed by atoms with Crippen LogP contribution in [0.4, 0.5) is 0 Å². The molecule has 4 heteroatoms. The Kier molecular flexibility index (Phi) is 2.67. The molecule has 2 aromatic carbocycles. The third-order valence-corrected chi connectivity index (χ3v) is 4.97. The van der Waals surface area contributed by atoms with Crippen molar-refractivity contribution in [2.24, 2.45) is 0 Å². The van der Waals surface area contributed by atoms with Gasteiger partial charge in [-0.1, -0.05) is 47.1 Å². The van der Waals surface area contributed by atoms with Gasteiger partial charge in [0.25, 0.3) is 0 Å². The van der Waals surface area contributed by atoms with Crippen LogP contribution in [-0.4, -0.2) is 6.10 Å². The summed E-state index contributed by atoms with van der Waals surface area (Å²) < 4.78 is 12.5. The summed E-state index contributed by atoms with van der Waals surface area (Å²) >= 11 is 3.60. The first-order valence-corrected chi connectivity index (χ1v) is 7.72. The first-order chi connectivity index (χ1) is 10.1. The summed E-state index contributed by atoms with van der Waals surface area (Å²) in [4.78, 5) is 12.4. The zero-order valence-corrected chi connectivity index (χ0v) is 13.2. The van der Waals surface area contributed by atoms with E-state index < -0.39 is 0 Å². The van der Waals surface area contributed by atoms with Crippen molar-refractivity contribution in [1.29, 1.82) is 0 Å². The van der Waals surface area contributed by atoms with Crippen molar-refractivity contribution in [2.45, 2.75) is 25.9 Å². The van der Waals surface area contributed by atoms with Gasteiger partial charge in [-0.3, -0.25) is 0 Å². The normalized spacial score (nSPS) is 20.7. The number of halogens is 1. The first kappa shape index (κ1) is 12.9. The number of rotatable bonds is 0. The van der Waals surface area contributed by atoms with Gasteiger partial charge in [-0.05, 0) is 18.4 Å². The molecule has 1 aliphatic rings. The number of fused-ring (bicyclic) bond motifs is 5. The summed E-state index contributed by atoms with van der Waals surface area (Å²) in [6, 6.07) is 9.83. The minimum absolute atomic E-state index is 0.0151. The molecule has 0 radical (unpaired) electrons. The van der Waals surface area contributed by atoms with E-state index in [0.717, 1.165) is 20.6 Å². The van der Waals surface area contributed by atoms with E-state index in [1.807, 2.05) is 44.2 Å². The molecule has 0 spiro atoms. The van der Waals surface area contributed by atoms with Gasteiger partial charge in [0.05, 0.1) is 10.9 Å². The highest BCUT2D eigenvalue weighted by molar-refractivity contribution is 9.10. The minimum atomic E-state index is -0.290. The molecule has 0 N–H and O–H groups in total. The molecule has 0 fully saturated rings. The molecule has 106 valence electrons. The lowest BCUT2D eigenvalue weighted by Gasteiger charge is -2.09. The molecular weight excluding hydrogens is 332 g/mol. The van der Waals surface area contributed by atoms with Crippen LogP contribution in [0.5, 0.6) is 5.75 Å². The van der Waals surface area contributed by atoms with Crippen LogP contribution in [0.25, 0.3) is 21.7 Å². The Morgan fingerprint density at radius 1 is 1.10 bits per heavy atom. The van der Waals surface area contributed by atoms with Crippen LogP contribution < -0.4 is 10.4 Å². The van der Waals surface area contributed by atoms with Crippen molar-refractivity contribution in [3.8, 4) is 5.75 Å². The molecule has 2 heterocycles. The quantitative estimate of drug-likeness (QED) is 0.442. The van der Waals surface area contributed by atoms with Crippen molar-refractivity contribution < 1.29 is 9.15 Å². The fraction of sp³-hybridized carbons (Fsp3) is 0.235. The van der Waals surface area contributed by atoms with Gasteiger partial charge in [0, 0.05) is 15.8 Å². The van der Waals surface area contributed by atoms with Gasteiger partial charge in [-0.2, -0.15) is 0 Å². The average Bonchev–Trinajstić information content (AvgIpc) is 2.78. The van der Waals surface area contributed by atoms with Crippen LogP contribution in [0, 0.1) is 0 Å². The van der Waals surface area contributed by atoms with E-state index in [4.69, 9.17) is 9.15 Å². The molecule has 1 aliphatic heterocycles. The summed E-state index contributed by atoms with van der Waals surface area (Å²) in [6.07, 6.45) is -0.0151. The molecule has 4 rings (SSSR count). The molecular formula is C17H13BrO3. The van der Waals surface area contributed by atoms with Gasteiger partial charge in [0.1, 0.15) is 17.4 Å². The lowest BCUT2D eigenvalue weighted by Crippen LogP contribution is -2.14. The fourth-order valence-corrected chi connectivity index (χ4v) is 3.59. The maximum absolute atomic E-state index is 12.4. The molecule has 0 bridgehead atoms. The molecule has 3 nitrogen and oxygen atoms in total. The van der Waals surface area contributed by atoms with Crippen molar-refractivity contribution >= 4 is 37.7 Å². The molecule has 0 saturated heterocycles. The molecule has 1 aromatic heterocycles. The summed E-state index contributed by atoms with van der Waals surface area (Å²) in [5, 5.41) is 2.79. The van der Waals surface area contributed by atoms with E-state index in [1.54, 1.807) is 0 Å². The van der Waals surface area contributed by atoms with E-state index in [9.17, 15) is 4.79 Å². The Labute approximate surface area is 129 Å². The summed E-state index contributed by atoms with van der Waals surface area (Å²) in [5.74, 6) is 0.721. The third kappa shape index (κ3) is 1.69. The Morgan fingerprint density at radius 2 is 1.81 bits per heavy atom. The second kappa shape index (κ2) is 4.34. The second-order valence-corrected chi connectivity index (χ2v) is 6.38. The molecule has 2 atom stereocenters. The van der Waals surface area contributed by atoms with E-state index >= 15 is 0 Å². The highest BCUT2D eigenvalue weighted by Crippen LogP contribution is 2.43. The maximum Gasteiger partial charge on any atom is 0.343 e. The Hall–Kier alpha value is -1.81. The fourth-order valence-electron chi connectivity index (χ4n) is 3.01. The number of benzene rings is 2. The standard InChI is InChI=1S/C17H13BrO3/c1-8-9(2)20-16-12-7-13(18)10-5-3-4-6-11(10)15(12)21-17(19)14(8)16/h3-9H,1-2H3/t8-,9-/m0/s1. The summed E-state index contributed by atoms with van der Waals surface area (Å²) in [7, 11) is 0. The molecule has 3 aromatic rings. The van der Waals surface area contributed by atoms with E-state index in [1.165, 1.54) is 0 Å². The highest BCUT2D eigenvalue weighted by Gasteiger charge is 2.33. The summed E-state index contributed by atoms with van der Waals surface area (Å²) in [5.41, 5.74) is 0.956. The highest BCUT2D eigenvalue weighted by atomic mass is 79.9. The monoisotopic (exact) mass is 344 g/mol. The van der Waals surface area contributed by atoms with Crippen LogP contribution in [0.1, 0.15) is 25.3 Å². The predicted octanol–water partition coefficient (Wildman–Crippen LogP) is 4.59. The lowest BCUT2D eigenvalue weighted by molar-refractivity contribution is 0.234. The number of hydrogen-bond acceptors (Lipinski definition) is 3. The Balaban J connectivity index is 2.24. The van der Waals surface area contributed by atoms with E-state index in [2.05, 4.69) is 15.9 Å². The number of hydrogen-bond donors (Lipinski definition) is 0. The van der Waals surface area contributed by atoms with Crippen molar-refractivity contribution in [1.82, 2.24) is 0 Å². The zero-order valence-electron chi connectivity index (χ0n) is 11.6. The largest absolute Gasteiger partial charge is 0.489 e. The third-order valence-electron chi connectivity index (χ3n) is 4.31. The van der Waals surface area contributed by atoms with Gasteiger partial charge < -0.3 is 9.15 Å². The van der Waals surface area contributed by atoms with Crippen molar-refractivity contribution in [3.63, 3.8) is 0 Å². The first-order valence-electron chi connectivity index (χ1n) is 6.92. The lowest BCUT2D eigenvalue weighted by atomic mass is 9.98. The van der Waals surface area contributed by atoms with Crippen molar-refractivity contribution in [3.05, 3.63) is 50.8 Å². The van der Waals surface area contributed by atoms with E-state index in [0.29, 0.717) is 16.9 Å². The van der Waals surface area contributed by atoms with Gasteiger partial charge in [-0.25, -0.2) is 4.79 Å². The Morgan fingerprint density at radius 3 is 2.57 bits per heavy atom. The SMILES string of the molecule is C[C@@H]1Oc2c(c(=O)oc3c2cc(Br)c2ccccc23)[C@H]1C. The maximum atomic E-state index is 12.4. The van der Waals surface area contributed by atoms with Gasteiger partial charge >= 0.3 is 5.63 Å². The minimum Gasteiger partial charge on any atom is -0.489 e. The van der Waals surface area contributed by atoms with Gasteiger partial charge in [0.15, 0.2) is 0 Å².